The molecule has 21 heavy (non-hydrogen) atoms. The Balaban J connectivity index is 2.47. The lowest BCUT2D eigenvalue weighted by Gasteiger charge is -2.28. The maximum absolute atomic E-state index is 14.1. The summed E-state index contributed by atoms with van der Waals surface area (Å²) in [6.07, 6.45) is 4.08. The van der Waals surface area contributed by atoms with Crippen molar-refractivity contribution in [2.45, 2.75) is 50.0 Å². The maximum atomic E-state index is 14.1. The summed E-state index contributed by atoms with van der Waals surface area (Å²) in [6, 6.07) is 1.70. The largest absolute Gasteiger partial charge is 0.394 e. The first-order valence-electron chi connectivity index (χ1n) is 7.15. The van der Waals surface area contributed by atoms with Crippen LogP contribution in [0.5, 0.6) is 0 Å². The monoisotopic (exact) mass is 318 g/mol. The molecule has 1 aromatic rings. The van der Waals surface area contributed by atoms with Crippen molar-refractivity contribution in [3.63, 3.8) is 0 Å². The minimum atomic E-state index is -4.00. The lowest BCUT2D eigenvalue weighted by molar-refractivity contribution is 0.313. The van der Waals surface area contributed by atoms with E-state index in [9.17, 15) is 17.2 Å². The van der Waals surface area contributed by atoms with Crippen molar-refractivity contribution in [3.8, 4) is 0 Å². The second kappa shape index (κ2) is 6.27. The fourth-order valence-electron chi connectivity index (χ4n) is 2.75. The Kier molecular flexibility index (Phi) is 4.83. The van der Waals surface area contributed by atoms with Crippen molar-refractivity contribution in [1.82, 2.24) is 4.31 Å². The molecule has 0 aromatic heterocycles. The fourth-order valence-corrected chi connectivity index (χ4v) is 4.60. The van der Waals surface area contributed by atoms with Crippen LogP contribution < -0.4 is 5.73 Å². The van der Waals surface area contributed by atoms with E-state index in [2.05, 4.69) is 0 Å². The summed E-state index contributed by atoms with van der Waals surface area (Å²) in [7, 11) is -4.00. The molecule has 0 spiro atoms. The second-order valence-corrected chi connectivity index (χ2v) is 7.16. The summed E-state index contributed by atoms with van der Waals surface area (Å²) >= 11 is 0. The van der Waals surface area contributed by atoms with Crippen molar-refractivity contribution < 1.29 is 17.2 Å². The molecule has 1 unspecified atom stereocenters. The van der Waals surface area contributed by atoms with E-state index in [4.69, 9.17) is 5.73 Å². The minimum Gasteiger partial charge on any atom is -0.394 e. The molecule has 0 bridgehead atoms. The third-order valence-electron chi connectivity index (χ3n) is 3.97. The topological polar surface area (TPSA) is 63.4 Å². The van der Waals surface area contributed by atoms with Gasteiger partial charge in [-0.15, -0.1) is 0 Å². The van der Waals surface area contributed by atoms with Crippen LogP contribution in [-0.2, 0) is 10.0 Å². The van der Waals surface area contributed by atoms with Crippen molar-refractivity contribution in [2.75, 3.05) is 12.3 Å². The lowest BCUT2D eigenvalue weighted by atomic mass is 10.1. The molecular weight excluding hydrogens is 298 g/mol. The normalized spacial score (nSPS) is 21.2. The van der Waals surface area contributed by atoms with E-state index in [1.807, 2.05) is 6.92 Å². The molecule has 1 aliphatic heterocycles. The van der Waals surface area contributed by atoms with Gasteiger partial charge in [0.25, 0.3) is 0 Å². The number of nitrogen functional groups attached to an aromatic ring is 1. The summed E-state index contributed by atoms with van der Waals surface area (Å²) in [5.41, 5.74) is 4.52. The van der Waals surface area contributed by atoms with Crippen molar-refractivity contribution in [1.29, 1.82) is 0 Å². The highest BCUT2D eigenvalue weighted by Gasteiger charge is 2.34. The maximum Gasteiger partial charge on any atom is 0.246 e. The Morgan fingerprint density at radius 3 is 2.67 bits per heavy atom. The second-order valence-electron chi connectivity index (χ2n) is 5.30. The van der Waals surface area contributed by atoms with Gasteiger partial charge in [0, 0.05) is 12.6 Å². The van der Waals surface area contributed by atoms with Gasteiger partial charge >= 0.3 is 0 Å². The highest BCUT2D eigenvalue weighted by Crippen LogP contribution is 2.30. The van der Waals surface area contributed by atoms with Crippen LogP contribution in [0.25, 0.3) is 0 Å². The van der Waals surface area contributed by atoms with Crippen LogP contribution in [0.15, 0.2) is 17.0 Å². The molecule has 1 aliphatic rings. The molecule has 0 aliphatic carbocycles. The first-order valence-corrected chi connectivity index (χ1v) is 8.59. The van der Waals surface area contributed by atoms with Gasteiger partial charge in [-0.2, -0.15) is 4.31 Å². The number of hydrogen-bond acceptors (Lipinski definition) is 3. The summed E-state index contributed by atoms with van der Waals surface area (Å²) in [5, 5.41) is 0. The number of nitrogens with zero attached hydrogens (tertiary/aromatic N) is 1. The van der Waals surface area contributed by atoms with Crippen LogP contribution >= 0.6 is 0 Å². The average Bonchev–Trinajstić information content (AvgIpc) is 2.70. The standard InChI is InChI=1S/C14H20F2N2O2S/c1-2-10-6-4-3-5-9-18(10)21(19,20)12-8-7-11(15)14(17)13(12)16/h7-8,10H,2-6,9,17H2,1H3. The van der Waals surface area contributed by atoms with Crippen LogP contribution in [0.3, 0.4) is 0 Å². The number of sulfonamides is 1. The van der Waals surface area contributed by atoms with Crippen molar-refractivity contribution in [3.05, 3.63) is 23.8 Å². The van der Waals surface area contributed by atoms with Crippen LogP contribution in [0, 0.1) is 11.6 Å². The predicted octanol–water partition coefficient (Wildman–Crippen LogP) is 2.89. The number of halogens is 2. The molecular formula is C14H20F2N2O2S. The predicted molar refractivity (Wildman–Crippen MR) is 77.2 cm³/mol. The highest BCUT2D eigenvalue weighted by atomic mass is 32.2. The SMILES string of the molecule is CCC1CCCCCN1S(=O)(=O)c1ccc(F)c(N)c1F. The van der Waals surface area contributed by atoms with Crippen molar-refractivity contribution >= 4 is 15.7 Å². The van der Waals surface area contributed by atoms with Gasteiger partial charge in [0.15, 0.2) is 5.82 Å². The molecule has 4 nitrogen and oxygen atoms in total. The Hall–Kier alpha value is -1.21. The van der Waals surface area contributed by atoms with E-state index in [0.717, 1.165) is 37.8 Å². The van der Waals surface area contributed by atoms with Gasteiger partial charge in [-0.05, 0) is 31.4 Å². The fraction of sp³-hybridized carbons (Fsp3) is 0.571. The Bertz CT molecular complexity index is 620. The first-order chi connectivity index (χ1) is 9.89. The van der Waals surface area contributed by atoms with E-state index in [0.29, 0.717) is 13.0 Å². The number of anilines is 1. The van der Waals surface area contributed by atoms with Crippen LogP contribution in [0.1, 0.15) is 39.0 Å². The third-order valence-corrected chi connectivity index (χ3v) is 5.94. The molecule has 1 aromatic carbocycles. The van der Waals surface area contributed by atoms with Gasteiger partial charge in [-0.1, -0.05) is 19.8 Å². The molecule has 118 valence electrons. The Morgan fingerprint density at radius 1 is 1.29 bits per heavy atom. The van der Waals surface area contributed by atoms with E-state index in [1.54, 1.807) is 0 Å². The molecule has 0 amide bonds. The lowest BCUT2D eigenvalue weighted by Crippen LogP contribution is -2.40. The minimum absolute atomic E-state index is 0.150. The quantitative estimate of drug-likeness (QED) is 0.872. The van der Waals surface area contributed by atoms with Crippen LogP contribution in [-0.4, -0.2) is 25.3 Å². The average molecular weight is 318 g/mol. The summed E-state index contributed by atoms with van der Waals surface area (Å²) < 4.78 is 54.0. The molecule has 1 fully saturated rings. The van der Waals surface area contributed by atoms with Crippen LogP contribution in [0.4, 0.5) is 14.5 Å². The number of rotatable bonds is 3. The Morgan fingerprint density at radius 2 is 2.00 bits per heavy atom. The zero-order valence-corrected chi connectivity index (χ0v) is 12.8. The molecule has 0 saturated carbocycles. The number of hydrogen-bond donors (Lipinski definition) is 1. The van der Waals surface area contributed by atoms with Gasteiger partial charge in [0.2, 0.25) is 10.0 Å². The van der Waals surface area contributed by atoms with Crippen molar-refractivity contribution in [2.24, 2.45) is 0 Å². The first kappa shape index (κ1) is 16.2. The molecule has 2 N–H and O–H groups in total. The molecule has 1 atom stereocenters. The van der Waals surface area contributed by atoms with Gasteiger partial charge in [-0.3, -0.25) is 0 Å². The summed E-state index contributed by atoms with van der Waals surface area (Å²) in [5.74, 6) is -2.15. The summed E-state index contributed by atoms with van der Waals surface area (Å²) in [6.45, 7) is 2.27. The number of benzene rings is 1. The van der Waals surface area contributed by atoms with E-state index in [-0.39, 0.29) is 6.04 Å². The van der Waals surface area contributed by atoms with E-state index >= 15 is 0 Å². The molecule has 2 rings (SSSR count). The molecule has 1 heterocycles. The van der Waals surface area contributed by atoms with Gasteiger partial charge < -0.3 is 5.73 Å². The van der Waals surface area contributed by atoms with Gasteiger partial charge in [0.1, 0.15) is 16.4 Å². The molecule has 1 saturated heterocycles. The zero-order chi connectivity index (χ0) is 15.6. The highest BCUT2D eigenvalue weighted by molar-refractivity contribution is 7.89. The molecule has 0 radical (unpaired) electrons. The summed E-state index contributed by atoms with van der Waals surface area (Å²) in [4.78, 5) is -0.540. The number of nitrogens with two attached hydrogens (primary N) is 1. The van der Waals surface area contributed by atoms with Gasteiger partial charge in [0.05, 0.1) is 0 Å². The third kappa shape index (κ3) is 3.03. The van der Waals surface area contributed by atoms with Gasteiger partial charge in [-0.25, -0.2) is 17.2 Å². The van der Waals surface area contributed by atoms with Crippen LogP contribution in [0.2, 0.25) is 0 Å². The zero-order valence-electron chi connectivity index (χ0n) is 12.0. The molecule has 7 heteroatoms. The Labute approximate surface area is 124 Å². The smallest absolute Gasteiger partial charge is 0.246 e. The van der Waals surface area contributed by atoms with E-state index < -0.39 is 32.2 Å². The van der Waals surface area contributed by atoms with E-state index in [1.165, 1.54) is 4.31 Å².